The molecule has 27 heavy (non-hydrogen) atoms. The van der Waals surface area contributed by atoms with Crippen LogP contribution in [0.2, 0.25) is 5.02 Å². The second-order valence-electron chi connectivity index (χ2n) is 6.74. The average molecular weight is 387 g/mol. The SMILES string of the molecule is Cc1ccc(Cl)cc1N1CC(C(=O)NCc2ccc3c(c2)OCO3)CC1=O. The van der Waals surface area contributed by atoms with Crippen LogP contribution in [0.5, 0.6) is 11.5 Å². The second-order valence-corrected chi connectivity index (χ2v) is 7.18. The van der Waals surface area contributed by atoms with Gasteiger partial charge in [0.15, 0.2) is 11.5 Å². The zero-order chi connectivity index (χ0) is 19.0. The molecule has 0 radical (unpaired) electrons. The summed E-state index contributed by atoms with van der Waals surface area (Å²) in [6.07, 6.45) is 0.193. The number of hydrogen-bond donors (Lipinski definition) is 1. The Morgan fingerprint density at radius 3 is 2.89 bits per heavy atom. The summed E-state index contributed by atoms with van der Waals surface area (Å²) < 4.78 is 10.6. The number of hydrogen-bond acceptors (Lipinski definition) is 4. The van der Waals surface area contributed by atoms with Gasteiger partial charge in [0, 0.05) is 30.2 Å². The summed E-state index contributed by atoms with van der Waals surface area (Å²) in [5, 5.41) is 3.48. The number of carbonyl (C=O) groups is 2. The largest absolute Gasteiger partial charge is 0.454 e. The Morgan fingerprint density at radius 2 is 2.04 bits per heavy atom. The van der Waals surface area contributed by atoms with Gasteiger partial charge in [-0.05, 0) is 42.3 Å². The van der Waals surface area contributed by atoms with Crippen LogP contribution in [-0.4, -0.2) is 25.2 Å². The minimum atomic E-state index is -0.384. The third-order valence-corrected chi connectivity index (χ3v) is 5.10. The maximum atomic E-state index is 12.6. The van der Waals surface area contributed by atoms with Crippen LogP contribution in [0.15, 0.2) is 36.4 Å². The van der Waals surface area contributed by atoms with Crippen LogP contribution in [0.25, 0.3) is 0 Å². The molecule has 2 aliphatic rings. The van der Waals surface area contributed by atoms with Crippen molar-refractivity contribution >= 4 is 29.1 Å². The Balaban J connectivity index is 1.40. The molecule has 1 saturated heterocycles. The van der Waals surface area contributed by atoms with Crippen molar-refractivity contribution in [2.24, 2.45) is 5.92 Å². The van der Waals surface area contributed by atoms with Crippen molar-refractivity contribution < 1.29 is 19.1 Å². The van der Waals surface area contributed by atoms with E-state index in [1.807, 2.05) is 31.2 Å². The predicted octanol–water partition coefficient (Wildman–Crippen LogP) is 3.05. The number of ether oxygens (including phenoxy) is 2. The Morgan fingerprint density at radius 1 is 1.22 bits per heavy atom. The number of carbonyl (C=O) groups excluding carboxylic acids is 2. The van der Waals surface area contributed by atoms with Crippen molar-refractivity contribution in [3.05, 3.63) is 52.5 Å². The van der Waals surface area contributed by atoms with Gasteiger partial charge >= 0.3 is 0 Å². The van der Waals surface area contributed by atoms with E-state index in [-0.39, 0.29) is 30.9 Å². The summed E-state index contributed by atoms with van der Waals surface area (Å²) in [7, 11) is 0. The summed E-state index contributed by atoms with van der Waals surface area (Å²) in [6.45, 7) is 2.86. The first kappa shape index (κ1) is 17.7. The summed E-state index contributed by atoms with van der Waals surface area (Å²) in [5.74, 6) is 0.802. The molecule has 2 aromatic rings. The molecule has 0 aliphatic carbocycles. The summed E-state index contributed by atoms with van der Waals surface area (Å²) in [5.41, 5.74) is 2.63. The molecule has 0 spiro atoms. The number of aryl methyl sites for hydroxylation is 1. The highest BCUT2D eigenvalue weighted by atomic mass is 35.5. The standard InChI is InChI=1S/C20H19ClN2O4/c1-12-2-4-15(21)8-16(12)23-10-14(7-19(23)24)20(25)22-9-13-3-5-17-18(6-13)27-11-26-17/h2-6,8,14H,7,9-11H2,1H3,(H,22,25). The lowest BCUT2D eigenvalue weighted by atomic mass is 10.1. The number of benzene rings is 2. The van der Waals surface area contributed by atoms with E-state index >= 15 is 0 Å². The molecular formula is C20H19ClN2O4. The van der Waals surface area contributed by atoms with Crippen LogP contribution in [-0.2, 0) is 16.1 Å². The third-order valence-electron chi connectivity index (χ3n) is 4.86. The Bertz CT molecular complexity index is 915. The molecule has 4 rings (SSSR count). The van der Waals surface area contributed by atoms with Gasteiger partial charge in [-0.2, -0.15) is 0 Å². The van der Waals surface area contributed by atoms with Gasteiger partial charge in [0.2, 0.25) is 18.6 Å². The smallest absolute Gasteiger partial charge is 0.231 e. The van der Waals surface area contributed by atoms with E-state index in [2.05, 4.69) is 5.32 Å². The van der Waals surface area contributed by atoms with E-state index in [4.69, 9.17) is 21.1 Å². The summed E-state index contributed by atoms with van der Waals surface area (Å²) >= 11 is 6.06. The minimum Gasteiger partial charge on any atom is -0.454 e. The fourth-order valence-corrected chi connectivity index (χ4v) is 3.54. The molecule has 0 bridgehead atoms. The van der Waals surface area contributed by atoms with Crippen molar-refractivity contribution in [1.29, 1.82) is 0 Å². The number of amides is 2. The molecule has 1 N–H and O–H groups in total. The maximum absolute atomic E-state index is 12.6. The van der Waals surface area contributed by atoms with Crippen LogP contribution >= 0.6 is 11.6 Å². The van der Waals surface area contributed by atoms with Crippen LogP contribution in [0.4, 0.5) is 5.69 Å². The number of rotatable bonds is 4. The van der Waals surface area contributed by atoms with Gasteiger partial charge in [-0.3, -0.25) is 9.59 Å². The first-order valence-corrected chi connectivity index (χ1v) is 9.12. The van der Waals surface area contributed by atoms with Crippen molar-refractivity contribution in [1.82, 2.24) is 5.32 Å². The van der Waals surface area contributed by atoms with E-state index in [0.29, 0.717) is 29.6 Å². The van der Waals surface area contributed by atoms with Crippen molar-refractivity contribution in [2.45, 2.75) is 19.9 Å². The van der Waals surface area contributed by atoms with Gasteiger partial charge in [0.05, 0.1) is 5.92 Å². The number of nitrogens with one attached hydrogen (secondary N) is 1. The number of anilines is 1. The lowest BCUT2D eigenvalue weighted by molar-refractivity contribution is -0.126. The molecule has 140 valence electrons. The molecular weight excluding hydrogens is 368 g/mol. The monoisotopic (exact) mass is 386 g/mol. The van der Waals surface area contributed by atoms with Gasteiger partial charge in [-0.25, -0.2) is 0 Å². The van der Waals surface area contributed by atoms with E-state index in [1.165, 1.54) is 0 Å². The summed E-state index contributed by atoms with van der Waals surface area (Å²) in [4.78, 5) is 26.6. The fraction of sp³-hybridized carbons (Fsp3) is 0.300. The van der Waals surface area contributed by atoms with Gasteiger partial charge in [0.25, 0.3) is 0 Å². The fourth-order valence-electron chi connectivity index (χ4n) is 3.37. The van der Waals surface area contributed by atoms with Gasteiger partial charge < -0.3 is 19.7 Å². The maximum Gasteiger partial charge on any atom is 0.231 e. The molecule has 7 heteroatoms. The van der Waals surface area contributed by atoms with Gasteiger partial charge in [-0.15, -0.1) is 0 Å². The summed E-state index contributed by atoms with van der Waals surface area (Å²) in [6, 6.07) is 11.0. The van der Waals surface area contributed by atoms with E-state index in [1.54, 1.807) is 17.0 Å². The molecule has 2 heterocycles. The highest BCUT2D eigenvalue weighted by Gasteiger charge is 2.35. The molecule has 0 saturated carbocycles. The van der Waals surface area contributed by atoms with E-state index in [0.717, 1.165) is 16.8 Å². The molecule has 0 aromatic heterocycles. The first-order chi connectivity index (χ1) is 13.0. The molecule has 1 atom stereocenters. The van der Waals surface area contributed by atoms with Gasteiger partial charge in [-0.1, -0.05) is 23.7 Å². The zero-order valence-electron chi connectivity index (χ0n) is 14.8. The average Bonchev–Trinajstić information content (AvgIpc) is 3.27. The number of halogens is 1. The van der Waals surface area contributed by atoms with Crippen LogP contribution < -0.4 is 19.7 Å². The molecule has 1 unspecified atom stereocenters. The van der Waals surface area contributed by atoms with Gasteiger partial charge in [0.1, 0.15) is 0 Å². The minimum absolute atomic E-state index is 0.0661. The van der Waals surface area contributed by atoms with Crippen molar-refractivity contribution in [3.8, 4) is 11.5 Å². The topological polar surface area (TPSA) is 67.9 Å². The van der Waals surface area contributed by atoms with Crippen molar-refractivity contribution in [3.63, 3.8) is 0 Å². The zero-order valence-corrected chi connectivity index (χ0v) is 15.6. The molecule has 6 nitrogen and oxygen atoms in total. The quantitative estimate of drug-likeness (QED) is 0.877. The number of nitrogens with zero attached hydrogens (tertiary/aromatic N) is 1. The Labute approximate surface area is 162 Å². The normalized spacial score (nSPS) is 18.1. The van der Waals surface area contributed by atoms with E-state index in [9.17, 15) is 9.59 Å². The first-order valence-electron chi connectivity index (χ1n) is 8.74. The highest BCUT2D eigenvalue weighted by Crippen LogP contribution is 2.33. The molecule has 1 fully saturated rings. The third kappa shape index (κ3) is 3.57. The Hall–Kier alpha value is -2.73. The van der Waals surface area contributed by atoms with Crippen LogP contribution in [0.3, 0.4) is 0 Å². The predicted molar refractivity (Wildman–Crippen MR) is 101 cm³/mol. The lowest BCUT2D eigenvalue weighted by Crippen LogP contribution is -2.32. The highest BCUT2D eigenvalue weighted by molar-refractivity contribution is 6.31. The number of fused-ring (bicyclic) bond motifs is 1. The van der Waals surface area contributed by atoms with Crippen LogP contribution in [0, 0.1) is 12.8 Å². The second kappa shape index (κ2) is 7.12. The molecule has 2 aromatic carbocycles. The van der Waals surface area contributed by atoms with Crippen LogP contribution in [0.1, 0.15) is 17.5 Å². The van der Waals surface area contributed by atoms with Crippen molar-refractivity contribution in [2.75, 3.05) is 18.2 Å². The lowest BCUT2D eigenvalue weighted by Gasteiger charge is -2.19. The molecule has 2 amide bonds. The Kier molecular flexibility index (Phi) is 4.66. The van der Waals surface area contributed by atoms with E-state index < -0.39 is 0 Å². The molecule has 2 aliphatic heterocycles.